The molecule has 24 heavy (non-hydrogen) atoms. The van der Waals surface area contributed by atoms with Crippen LogP contribution in [0, 0.1) is 12.8 Å². The van der Waals surface area contributed by atoms with Gasteiger partial charge in [-0.1, -0.05) is 13.8 Å². The number of esters is 1. The van der Waals surface area contributed by atoms with Crippen LogP contribution in [0.4, 0.5) is 4.79 Å². The normalized spacial score (nSPS) is 10.3. The van der Waals surface area contributed by atoms with Crippen LogP contribution in [0.3, 0.4) is 0 Å². The monoisotopic (exact) mass is 354 g/mol. The number of thiophene rings is 1. The summed E-state index contributed by atoms with van der Waals surface area (Å²) in [6.07, 6.45) is -0.0854. The van der Waals surface area contributed by atoms with Gasteiger partial charge in [-0.15, -0.1) is 11.3 Å². The minimum atomic E-state index is -0.718. The average molecular weight is 354 g/mol. The number of hydrogen-bond acceptors (Lipinski definition) is 6. The SMILES string of the molecule is Cc1ccc(C(=O)CCC(=O)OCC(=O)NC(=O)NCC(C)C)s1. The number of hydrogen-bond donors (Lipinski definition) is 2. The summed E-state index contributed by atoms with van der Waals surface area (Å²) >= 11 is 1.37. The molecule has 0 saturated carbocycles. The Balaban J connectivity index is 2.22. The van der Waals surface area contributed by atoms with E-state index in [0.29, 0.717) is 11.4 Å². The van der Waals surface area contributed by atoms with Crippen molar-refractivity contribution in [3.05, 3.63) is 21.9 Å². The van der Waals surface area contributed by atoms with Gasteiger partial charge in [0.15, 0.2) is 12.4 Å². The number of ether oxygens (including phenoxy) is 1. The number of urea groups is 1. The molecule has 0 aromatic carbocycles. The van der Waals surface area contributed by atoms with Gasteiger partial charge < -0.3 is 10.1 Å². The molecule has 0 aliphatic heterocycles. The Morgan fingerprint density at radius 1 is 1.17 bits per heavy atom. The number of aryl methyl sites for hydroxylation is 1. The fraction of sp³-hybridized carbons (Fsp3) is 0.500. The van der Waals surface area contributed by atoms with E-state index in [1.54, 1.807) is 6.07 Å². The van der Waals surface area contributed by atoms with E-state index < -0.39 is 24.5 Å². The third-order valence-electron chi connectivity index (χ3n) is 2.86. The topological polar surface area (TPSA) is 102 Å². The van der Waals surface area contributed by atoms with E-state index in [0.717, 1.165) is 4.88 Å². The highest BCUT2D eigenvalue weighted by Gasteiger charge is 2.14. The van der Waals surface area contributed by atoms with Crippen LogP contribution in [0.25, 0.3) is 0 Å². The lowest BCUT2D eigenvalue weighted by atomic mass is 10.2. The first-order valence-electron chi connectivity index (χ1n) is 7.61. The summed E-state index contributed by atoms with van der Waals surface area (Å²) in [5.41, 5.74) is 0. The smallest absolute Gasteiger partial charge is 0.321 e. The molecule has 0 saturated heterocycles. The van der Waals surface area contributed by atoms with Gasteiger partial charge in [0.2, 0.25) is 0 Å². The van der Waals surface area contributed by atoms with Crippen LogP contribution in [0.5, 0.6) is 0 Å². The third-order valence-corrected chi connectivity index (χ3v) is 3.90. The highest BCUT2D eigenvalue weighted by molar-refractivity contribution is 7.14. The molecule has 0 unspecified atom stereocenters. The molecule has 3 amide bonds. The van der Waals surface area contributed by atoms with Crippen molar-refractivity contribution < 1.29 is 23.9 Å². The van der Waals surface area contributed by atoms with Crippen molar-refractivity contribution in [1.29, 1.82) is 0 Å². The highest BCUT2D eigenvalue weighted by Crippen LogP contribution is 2.17. The summed E-state index contributed by atoms with van der Waals surface area (Å²) in [7, 11) is 0. The molecule has 0 radical (unpaired) electrons. The first-order valence-corrected chi connectivity index (χ1v) is 8.42. The zero-order valence-electron chi connectivity index (χ0n) is 14.0. The summed E-state index contributed by atoms with van der Waals surface area (Å²) in [6.45, 7) is 5.61. The average Bonchev–Trinajstić information content (AvgIpc) is 2.95. The summed E-state index contributed by atoms with van der Waals surface area (Å²) in [5, 5.41) is 4.56. The maximum atomic E-state index is 11.8. The van der Waals surface area contributed by atoms with Crippen molar-refractivity contribution in [2.24, 2.45) is 5.92 Å². The van der Waals surface area contributed by atoms with Gasteiger partial charge in [0.05, 0.1) is 11.3 Å². The van der Waals surface area contributed by atoms with Crippen LogP contribution in [-0.4, -0.2) is 36.8 Å². The van der Waals surface area contributed by atoms with Gasteiger partial charge in [0.1, 0.15) is 0 Å². The van der Waals surface area contributed by atoms with E-state index in [9.17, 15) is 19.2 Å². The van der Waals surface area contributed by atoms with Gasteiger partial charge >= 0.3 is 12.0 Å². The second kappa shape index (κ2) is 9.82. The molecular weight excluding hydrogens is 332 g/mol. The molecule has 2 N–H and O–H groups in total. The van der Waals surface area contributed by atoms with Crippen LogP contribution in [-0.2, 0) is 14.3 Å². The van der Waals surface area contributed by atoms with Crippen molar-refractivity contribution in [1.82, 2.24) is 10.6 Å². The predicted octanol–water partition coefficient (Wildman–Crippen LogP) is 2.04. The largest absolute Gasteiger partial charge is 0.456 e. The van der Waals surface area contributed by atoms with Gasteiger partial charge in [0, 0.05) is 17.8 Å². The van der Waals surface area contributed by atoms with Gasteiger partial charge in [-0.25, -0.2) is 4.79 Å². The van der Waals surface area contributed by atoms with E-state index in [2.05, 4.69) is 10.6 Å². The molecule has 0 bridgehead atoms. The highest BCUT2D eigenvalue weighted by atomic mass is 32.1. The summed E-state index contributed by atoms with van der Waals surface area (Å²) < 4.78 is 4.74. The molecule has 1 rings (SSSR count). The van der Waals surface area contributed by atoms with Gasteiger partial charge in [-0.2, -0.15) is 0 Å². The van der Waals surface area contributed by atoms with Crippen LogP contribution in [0.1, 0.15) is 41.2 Å². The lowest BCUT2D eigenvalue weighted by Gasteiger charge is -2.08. The number of Topliss-reactive ketones (excluding diaryl/α,β-unsaturated/α-hetero) is 1. The number of imide groups is 1. The maximum Gasteiger partial charge on any atom is 0.321 e. The molecule has 8 heteroatoms. The zero-order valence-corrected chi connectivity index (χ0v) is 14.8. The van der Waals surface area contributed by atoms with E-state index in [4.69, 9.17) is 4.74 Å². The Kier molecular flexibility index (Phi) is 8.11. The van der Waals surface area contributed by atoms with Crippen molar-refractivity contribution >= 4 is 35.0 Å². The van der Waals surface area contributed by atoms with Gasteiger partial charge in [0.25, 0.3) is 5.91 Å². The second-order valence-electron chi connectivity index (χ2n) is 5.65. The molecule has 132 valence electrons. The number of amides is 3. The lowest BCUT2D eigenvalue weighted by molar-refractivity contribution is -0.148. The number of carbonyl (C=O) groups is 4. The number of rotatable bonds is 8. The Morgan fingerprint density at radius 2 is 1.88 bits per heavy atom. The Bertz CT molecular complexity index is 609. The molecule has 1 heterocycles. The summed E-state index contributed by atoms with van der Waals surface area (Å²) in [4.78, 5) is 47.8. The van der Waals surface area contributed by atoms with Crippen molar-refractivity contribution in [2.45, 2.75) is 33.6 Å². The Morgan fingerprint density at radius 3 is 2.46 bits per heavy atom. The number of ketones is 1. The molecule has 0 fully saturated rings. The molecule has 1 aromatic heterocycles. The summed E-state index contributed by atoms with van der Waals surface area (Å²) in [6, 6.07) is 2.93. The first kappa shape index (κ1) is 19.8. The molecule has 7 nitrogen and oxygen atoms in total. The van der Waals surface area contributed by atoms with Crippen LogP contribution in [0.2, 0.25) is 0 Å². The molecule has 0 aliphatic rings. The van der Waals surface area contributed by atoms with Gasteiger partial charge in [-0.05, 0) is 25.0 Å². The maximum absolute atomic E-state index is 11.8. The Labute approximate surface area is 144 Å². The third kappa shape index (κ3) is 7.87. The second-order valence-corrected chi connectivity index (χ2v) is 6.93. The lowest BCUT2D eigenvalue weighted by Crippen LogP contribution is -2.42. The fourth-order valence-corrected chi connectivity index (χ4v) is 2.48. The minimum Gasteiger partial charge on any atom is -0.456 e. The first-order chi connectivity index (χ1) is 11.3. The molecule has 0 atom stereocenters. The fourth-order valence-electron chi connectivity index (χ4n) is 1.65. The van der Waals surface area contributed by atoms with Crippen molar-refractivity contribution in [2.75, 3.05) is 13.2 Å². The number of carbonyl (C=O) groups excluding carboxylic acids is 4. The van der Waals surface area contributed by atoms with Crippen molar-refractivity contribution in [3.8, 4) is 0 Å². The zero-order chi connectivity index (χ0) is 18.1. The predicted molar refractivity (Wildman–Crippen MR) is 90.0 cm³/mol. The van der Waals surface area contributed by atoms with Crippen LogP contribution >= 0.6 is 11.3 Å². The van der Waals surface area contributed by atoms with Crippen LogP contribution in [0.15, 0.2) is 12.1 Å². The van der Waals surface area contributed by atoms with Gasteiger partial charge in [-0.3, -0.25) is 19.7 Å². The quantitative estimate of drug-likeness (QED) is 0.549. The van der Waals surface area contributed by atoms with E-state index in [1.807, 2.05) is 26.8 Å². The van der Waals surface area contributed by atoms with E-state index in [1.165, 1.54) is 11.3 Å². The van der Waals surface area contributed by atoms with E-state index in [-0.39, 0.29) is 24.5 Å². The molecule has 0 spiro atoms. The Hall–Kier alpha value is -2.22. The standard InChI is InChI=1S/C16H22N2O5S/c1-10(2)8-17-16(22)18-14(20)9-23-15(21)7-5-12(19)13-6-4-11(3)24-13/h4,6,10H,5,7-9H2,1-3H3,(H2,17,18,20,22). The van der Waals surface area contributed by atoms with Crippen molar-refractivity contribution in [3.63, 3.8) is 0 Å². The van der Waals surface area contributed by atoms with E-state index >= 15 is 0 Å². The minimum absolute atomic E-state index is 0.0231. The summed E-state index contributed by atoms with van der Waals surface area (Å²) in [5.74, 6) is -1.25. The molecule has 0 aliphatic carbocycles. The molecule has 1 aromatic rings. The number of nitrogens with one attached hydrogen (secondary N) is 2. The van der Waals surface area contributed by atoms with Crippen LogP contribution < -0.4 is 10.6 Å². The molecular formula is C16H22N2O5S.